The van der Waals surface area contributed by atoms with Crippen LogP contribution in [0.2, 0.25) is 5.02 Å². The third kappa shape index (κ3) is 4.53. The van der Waals surface area contributed by atoms with E-state index in [1.807, 2.05) is 32.0 Å². The van der Waals surface area contributed by atoms with Crippen molar-refractivity contribution in [1.29, 1.82) is 0 Å². The number of halogens is 1. The van der Waals surface area contributed by atoms with E-state index in [9.17, 15) is 9.90 Å². The second kappa shape index (κ2) is 6.90. The lowest BCUT2D eigenvalue weighted by molar-refractivity contribution is 0.156. The van der Waals surface area contributed by atoms with Crippen LogP contribution < -0.4 is 10.6 Å². The molecule has 0 spiro atoms. The number of nitrogens with one attached hydrogen (secondary N) is 2. The van der Waals surface area contributed by atoms with Crippen LogP contribution in [0.15, 0.2) is 23.1 Å². The first-order valence-corrected chi connectivity index (χ1v) is 8.35. The van der Waals surface area contributed by atoms with Gasteiger partial charge in [-0.3, -0.25) is 0 Å². The van der Waals surface area contributed by atoms with Gasteiger partial charge in [0.05, 0.1) is 6.04 Å². The van der Waals surface area contributed by atoms with E-state index in [-0.39, 0.29) is 24.1 Å². The van der Waals surface area contributed by atoms with E-state index in [1.54, 1.807) is 11.8 Å². The largest absolute Gasteiger partial charge is 0.396 e. The lowest BCUT2D eigenvalue weighted by atomic mass is 9.95. The molecule has 1 aliphatic heterocycles. The predicted octanol–water partition coefficient (Wildman–Crippen LogP) is 3.19. The van der Waals surface area contributed by atoms with Gasteiger partial charge in [0.25, 0.3) is 0 Å². The third-order valence-corrected chi connectivity index (χ3v) is 4.83. The molecule has 0 aliphatic carbocycles. The highest BCUT2D eigenvalue weighted by Crippen LogP contribution is 2.37. The Morgan fingerprint density at radius 1 is 1.52 bits per heavy atom. The van der Waals surface area contributed by atoms with Gasteiger partial charge in [0.1, 0.15) is 0 Å². The fraction of sp³-hybridized carbons (Fsp3) is 0.533. The van der Waals surface area contributed by atoms with Crippen molar-refractivity contribution >= 4 is 29.4 Å². The number of fused-ring (bicyclic) bond motifs is 1. The molecule has 1 aliphatic rings. The Morgan fingerprint density at radius 3 is 3.00 bits per heavy atom. The van der Waals surface area contributed by atoms with E-state index in [2.05, 4.69) is 10.6 Å². The molecule has 1 unspecified atom stereocenters. The Morgan fingerprint density at radius 2 is 2.29 bits per heavy atom. The summed E-state index contributed by atoms with van der Waals surface area (Å²) in [5.41, 5.74) is 0.761. The van der Waals surface area contributed by atoms with Gasteiger partial charge in [-0.1, -0.05) is 25.4 Å². The fourth-order valence-electron chi connectivity index (χ4n) is 2.10. The van der Waals surface area contributed by atoms with Crippen LogP contribution >= 0.6 is 23.4 Å². The number of urea groups is 1. The standard InChI is InChI=1S/C15H21ClN2O2S/c1-15(2,9-19)8-17-14(20)18-12-5-6-21-13-4-3-10(16)7-11(12)13/h3-4,7,12,19H,5-6,8-9H2,1-2H3,(H2,17,18,20). The van der Waals surface area contributed by atoms with Crippen LogP contribution in [0.3, 0.4) is 0 Å². The number of rotatable bonds is 4. The topological polar surface area (TPSA) is 61.4 Å². The molecule has 0 aromatic heterocycles. The Balaban J connectivity index is 1.98. The molecule has 3 N–H and O–H groups in total. The zero-order chi connectivity index (χ0) is 15.5. The molecule has 2 rings (SSSR count). The first-order valence-electron chi connectivity index (χ1n) is 6.99. The van der Waals surface area contributed by atoms with E-state index >= 15 is 0 Å². The zero-order valence-corrected chi connectivity index (χ0v) is 13.9. The highest BCUT2D eigenvalue weighted by Gasteiger charge is 2.23. The molecule has 116 valence electrons. The van der Waals surface area contributed by atoms with Crippen molar-refractivity contribution in [2.24, 2.45) is 5.41 Å². The molecule has 0 saturated carbocycles. The molecule has 2 amide bonds. The fourth-order valence-corrected chi connectivity index (χ4v) is 3.39. The summed E-state index contributed by atoms with van der Waals surface area (Å²) >= 11 is 7.84. The molecule has 0 saturated heterocycles. The monoisotopic (exact) mass is 328 g/mol. The summed E-state index contributed by atoms with van der Waals surface area (Å²) in [5, 5.41) is 15.7. The highest BCUT2D eigenvalue weighted by molar-refractivity contribution is 7.99. The molecule has 21 heavy (non-hydrogen) atoms. The maximum atomic E-state index is 12.0. The van der Waals surface area contributed by atoms with Crippen LogP contribution in [0.4, 0.5) is 4.79 Å². The predicted molar refractivity (Wildman–Crippen MR) is 86.9 cm³/mol. The van der Waals surface area contributed by atoms with Crippen LogP contribution in [0, 0.1) is 5.41 Å². The number of aliphatic hydroxyl groups excluding tert-OH is 1. The molecule has 0 bridgehead atoms. The van der Waals surface area contributed by atoms with Gasteiger partial charge < -0.3 is 15.7 Å². The highest BCUT2D eigenvalue weighted by atomic mass is 35.5. The minimum Gasteiger partial charge on any atom is -0.396 e. The van der Waals surface area contributed by atoms with Crippen molar-refractivity contribution in [1.82, 2.24) is 10.6 Å². The molecule has 0 radical (unpaired) electrons. The molecular formula is C15H21ClN2O2S. The molecule has 1 atom stereocenters. The van der Waals surface area contributed by atoms with Gasteiger partial charge >= 0.3 is 6.03 Å². The summed E-state index contributed by atoms with van der Waals surface area (Å²) in [6.07, 6.45) is 0.884. The maximum Gasteiger partial charge on any atom is 0.315 e. The average molecular weight is 329 g/mol. The van der Waals surface area contributed by atoms with Gasteiger partial charge in [-0.05, 0) is 30.2 Å². The van der Waals surface area contributed by atoms with E-state index in [0.29, 0.717) is 11.6 Å². The smallest absolute Gasteiger partial charge is 0.315 e. The lowest BCUT2D eigenvalue weighted by Crippen LogP contribution is -2.43. The maximum absolute atomic E-state index is 12.0. The number of benzene rings is 1. The third-order valence-electron chi connectivity index (χ3n) is 3.47. The van der Waals surface area contributed by atoms with E-state index in [0.717, 1.165) is 17.7 Å². The summed E-state index contributed by atoms with van der Waals surface area (Å²) in [6, 6.07) is 5.57. The zero-order valence-electron chi connectivity index (χ0n) is 12.3. The minimum absolute atomic E-state index is 0.0165. The number of carbonyl (C=O) groups excluding carboxylic acids is 1. The second-order valence-corrected chi connectivity index (χ2v) is 7.59. The molecule has 6 heteroatoms. The second-order valence-electron chi connectivity index (χ2n) is 6.02. The van der Waals surface area contributed by atoms with Gasteiger partial charge in [-0.25, -0.2) is 4.79 Å². The Kier molecular flexibility index (Phi) is 5.41. The van der Waals surface area contributed by atoms with Gasteiger partial charge in [-0.15, -0.1) is 11.8 Å². The summed E-state index contributed by atoms with van der Waals surface area (Å²) in [5.74, 6) is 0.974. The molecule has 4 nitrogen and oxygen atoms in total. The van der Waals surface area contributed by atoms with Crippen molar-refractivity contribution in [3.05, 3.63) is 28.8 Å². The molecule has 1 aromatic carbocycles. The number of amides is 2. The Labute approximate surface area is 134 Å². The SMILES string of the molecule is CC(C)(CO)CNC(=O)NC1CCSc2ccc(Cl)cc21. The number of hydrogen-bond donors (Lipinski definition) is 3. The van der Waals surface area contributed by atoms with Gasteiger partial charge in [-0.2, -0.15) is 0 Å². The van der Waals surface area contributed by atoms with E-state index in [4.69, 9.17) is 11.6 Å². The van der Waals surface area contributed by atoms with Crippen LogP contribution in [-0.4, -0.2) is 30.0 Å². The average Bonchev–Trinajstić information content (AvgIpc) is 2.46. The molecule has 1 heterocycles. The molecule has 1 aromatic rings. The van der Waals surface area contributed by atoms with E-state index < -0.39 is 0 Å². The Hall–Kier alpha value is -0.910. The van der Waals surface area contributed by atoms with Crippen molar-refractivity contribution in [3.8, 4) is 0 Å². The van der Waals surface area contributed by atoms with Crippen molar-refractivity contribution in [2.45, 2.75) is 31.2 Å². The number of thioether (sulfide) groups is 1. The minimum atomic E-state index is -0.318. The van der Waals surface area contributed by atoms with Gasteiger partial charge in [0.15, 0.2) is 0 Å². The molecular weight excluding hydrogens is 308 g/mol. The van der Waals surface area contributed by atoms with Gasteiger partial charge in [0.2, 0.25) is 0 Å². The van der Waals surface area contributed by atoms with Crippen molar-refractivity contribution in [3.63, 3.8) is 0 Å². The number of hydrogen-bond acceptors (Lipinski definition) is 3. The summed E-state index contributed by atoms with van der Waals surface area (Å²) in [4.78, 5) is 13.2. The summed E-state index contributed by atoms with van der Waals surface area (Å²) < 4.78 is 0. The first-order chi connectivity index (χ1) is 9.91. The Bertz CT molecular complexity index is 522. The van der Waals surface area contributed by atoms with Crippen LogP contribution in [0.25, 0.3) is 0 Å². The van der Waals surface area contributed by atoms with Crippen molar-refractivity contribution < 1.29 is 9.90 Å². The van der Waals surface area contributed by atoms with Crippen LogP contribution in [-0.2, 0) is 0 Å². The lowest BCUT2D eigenvalue weighted by Gasteiger charge is -2.27. The summed E-state index contributed by atoms with van der Waals surface area (Å²) in [7, 11) is 0. The van der Waals surface area contributed by atoms with Crippen LogP contribution in [0.5, 0.6) is 0 Å². The van der Waals surface area contributed by atoms with Crippen molar-refractivity contribution in [2.75, 3.05) is 18.9 Å². The first kappa shape index (κ1) is 16.5. The molecule has 0 fully saturated rings. The number of carbonyl (C=O) groups is 1. The normalized spacial score (nSPS) is 18.0. The quantitative estimate of drug-likeness (QED) is 0.795. The van der Waals surface area contributed by atoms with E-state index in [1.165, 1.54) is 4.90 Å². The van der Waals surface area contributed by atoms with Crippen LogP contribution in [0.1, 0.15) is 31.9 Å². The van der Waals surface area contributed by atoms with Gasteiger partial charge in [0, 0.05) is 34.2 Å². The number of aliphatic hydroxyl groups is 1. The summed E-state index contributed by atoms with van der Waals surface area (Å²) in [6.45, 7) is 4.27.